The molecule has 0 saturated heterocycles. The molecule has 0 bridgehead atoms. The molecule has 0 aliphatic carbocycles. The standard InChI is InChI=1S/C34H26O10/c1-38-19-7-5-18(6-8-19)24-16-42-27-14-31(29(40-3)12-22(27)33(24)36)44-32-15-28-23(13-30(32)41-4)34(37)25(17-43-28)21-10-9-20(39-2)11-26(21)35/h5-17,35H,1-4H3. The highest BCUT2D eigenvalue weighted by molar-refractivity contribution is 5.87. The molecular formula is C34H26O10. The Balaban J connectivity index is 1.40. The molecule has 0 radical (unpaired) electrons. The molecule has 0 fully saturated rings. The van der Waals surface area contributed by atoms with Gasteiger partial charge in [-0.1, -0.05) is 12.1 Å². The molecular weight excluding hydrogens is 568 g/mol. The van der Waals surface area contributed by atoms with E-state index in [4.69, 9.17) is 32.5 Å². The Morgan fingerprint density at radius 1 is 0.545 bits per heavy atom. The van der Waals surface area contributed by atoms with Gasteiger partial charge in [0.1, 0.15) is 40.9 Å². The molecule has 222 valence electrons. The number of phenols is 1. The first-order valence-corrected chi connectivity index (χ1v) is 13.3. The Morgan fingerprint density at radius 3 is 1.59 bits per heavy atom. The minimum Gasteiger partial charge on any atom is -0.507 e. The highest BCUT2D eigenvalue weighted by Gasteiger charge is 2.20. The molecule has 0 unspecified atom stereocenters. The number of ether oxygens (including phenoxy) is 5. The van der Waals surface area contributed by atoms with Gasteiger partial charge in [0.05, 0.1) is 50.3 Å². The van der Waals surface area contributed by atoms with Crippen LogP contribution >= 0.6 is 0 Å². The average Bonchev–Trinajstić information content (AvgIpc) is 3.05. The Hall–Kier alpha value is -5.90. The quantitative estimate of drug-likeness (QED) is 0.202. The summed E-state index contributed by atoms with van der Waals surface area (Å²) in [7, 11) is 5.94. The Bertz CT molecular complexity index is 2140. The number of hydrogen-bond donors (Lipinski definition) is 1. The van der Waals surface area contributed by atoms with Crippen LogP contribution in [-0.2, 0) is 0 Å². The van der Waals surface area contributed by atoms with Crippen molar-refractivity contribution in [3.05, 3.63) is 99.7 Å². The summed E-state index contributed by atoms with van der Waals surface area (Å²) >= 11 is 0. The number of aromatic hydroxyl groups is 1. The van der Waals surface area contributed by atoms with E-state index in [1.807, 2.05) is 0 Å². The maximum atomic E-state index is 13.4. The van der Waals surface area contributed by atoms with Crippen molar-refractivity contribution in [2.45, 2.75) is 0 Å². The van der Waals surface area contributed by atoms with Crippen molar-refractivity contribution in [2.75, 3.05) is 28.4 Å². The summed E-state index contributed by atoms with van der Waals surface area (Å²) < 4.78 is 39.3. The summed E-state index contributed by atoms with van der Waals surface area (Å²) in [5.74, 6) is 1.95. The summed E-state index contributed by atoms with van der Waals surface area (Å²) in [5, 5.41) is 11.0. The van der Waals surface area contributed by atoms with E-state index in [0.29, 0.717) is 33.6 Å². The lowest BCUT2D eigenvalue weighted by atomic mass is 10.0. The van der Waals surface area contributed by atoms with Gasteiger partial charge in [0.25, 0.3) is 0 Å². The average molecular weight is 595 g/mol. The summed E-state index contributed by atoms with van der Waals surface area (Å²) in [5.41, 5.74) is 1.38. The van der Waals surface area contributed by atoms with Crippen LogP contribution in [0, 0.1) is 0 Å². The van der Waals surface area contributed by atoms with E-state index in [0.717, 1.165) is 0 Å². The van der Waals surface area contributed by atoms with Crippen molar-refractivity contribution in [3.63, 3.8) is 0 Å². The highest BCUT2D eigenvalue weighted by atomic mass is 16.5. The van der Waals surface area contributed by atoms with Crippen molar-refractivity contribution < 1.29 is 37.6 Å². The van der Waals surface area contributed by atoms with Gasteiger partial charge in [0.15, 0.2) is 23.0 Å². The maximum absolute atomic E-state index is 13.4. The van der Waals surface area contributed by atoms with E-state index in [2.05, 4.69) is 0 Å². The van der Waals surface area contributed by atoms with E-state index < -0.39 is 0 Å². The summed E-state index contributed by atoms with van der Waals surface area (Å²) in [6, 6.07) is 17.8. The van der Waals surface area contributed by atoms with Crippen LogP contribution in [0.5, 0.6) is 40.2 Å². The number of hydrogen-bond acceptors (Lipinski definition) is 10. The van der Waals surface area contributed by atoms with Gasteiger partial charge in [-0.3, -0.25) is 9.59 Å². The fourth-order valence-corrected chi connectivity index (χ4v) is 4.89. The molecule has 10 heteroatoms. The fourth-order valence-electron chi connectivity index (χ4n) is 4.89. The summed E-state index contributed by atoms with van der Waals surface area (Å²) in [6.07, 6.45) is 2.67. The van der Waals surface area contributed by atoms with E-state index in [9.17, 15) is 14.7 Å². The lowest BCUT2D eigenvalue weighted by Crippen LogP contribution is -2.06. The number of methoxy groups -OCH3 is 4. The van der Waals surface area contributed by atoms with Crippen molar-refractivity contribution in [1.82, 2.24) is 0 Å². The highest BCUT2D eigenvalue weighted by Crippen LogP contribution is 2.41. The number of phenolic OH excluding ortho intramolecular Hbond substituents is 1. The van der Waals surface area contributed by atoms with Crippen LogP contribution in [0.2, 0.25) is 0 Å². The minimum absolute atomic E-state index is 0.130. The lowest BCUT2D eigenvalue weighted by Gasteiger charge is -2.15. The third-order valence-corrected chi connectivity index (χ3v) is 7.23. The van der Waals surface area contributed by atoms with Gasteiger partial charge in [0, 0.05) is 23.8 Å². The van der Waals surface area contributed by atoms with Crippen molar-refractivity contribution in [3.8, 4) is 62.5 Å². The van der Waals surface area contributed by atoms with Crippen LogP contribution in [0.15, 0.2) is 97.7 Å². The van der Waals surface area contributed by atoms with E-state index >= 15 is 0 Å². The van der Waals surface area contributed by atoms with Crippen LogP contribution in [0.25, 0.3) is 44.2 Å². The molecule has 0 aliphatic rings. The van der Waals surface area contributed by atoms with Gasteiger partial charge >= 0.3 is 0 Å². The topological polar surface area (TPSA) is 127 Å². The maximum Gasteiger partial charge on any atom is 0.200 e. The van der Waals surface area contributed by atoms with Crippen LogP contribution in [0.4, 0.5) is 0 Å². The smallest absolute Gasteiger partial charge is 0.200 e. The third-order valence-electron chi connectivity index (χ3n) is 7.23. The largest absolute Gasteiger partial charge is 0.507 e. The summed E-state index contributed by atoms with van der Waals surface area (Å²) in [4.78, 5) is 26.9. The summed E-state index contributed by atoms with van der Waals surface area (Å²) in [6.45, 7) is 0. The number of fused-ring (bicyclic) bond motifs is 2. The van der Waals surface area contributed by atoms with Crippen LogP contribution in [0.1, 0.15) is 0 Å². The Kier molecular flexibility index (Phi) is 7.32. The zero-order valence-electron chi connectivity index (χ0n) is 24.1. The van der Waals surface area contributed by atoms with Crippen molar-refractivity contribution in [1.29, 1.82) is 0 Å². The molecule has 2 heterocycles. The second-order valence-electron chi connectivity index (χ2n) is 9.67. The molecule has 0 aliphatic heterocycles. The van der Waals surface area contributed by atoms with E-state index in [-0.39, 0.29) is 61.7 Å². The van der Waals surface area contributed by atoms with Gasteiger partial charge in [-0.15, -0.1) is 0 Å². The van der Waals surface area contributed by atoms with E-state index in [1.165, 1.54) is 52.1 Å². The van der Waals surface area contributed by atoms with Crippen molar-refractivity contribution in [2.24, 2.45) is 0 Å². The molecule has 44 heavy (non-hydrogen) atoms. The van der Waals surface area contributed by atoms with Crippen LogP contribution in [0.3, 0.4) is 0 Å². The van der Waals surface area contributed by atoms with Crippen molar-refractivity contribution >= 4 is 21.9 Å². The molecule has 0 amide bonds. The molecule has 1 N–H and O–H groups in total. The fraction of sp³-hybridized carbons (Fsp3) is 0.118. The number of benzene rings is 4. The molecule has 6 aromatic rings. The molecule has 2 aromatic heterocycles. The normalized spacial score (nSPS) is 11.0. The second-order valence-corrected chi connectivity index (χ2v) is 9.67. The molecule has 6 rings (SSSR count). The monoisotopic (exact) mass is 594 g/mol. The SMILES string of the molecule is COc1ccc(-c2coc3cc(Oc4cc5occ(-c6ccc(OC)cc6O)c(=O)c5cc4OC)c(OC)cc3c2=O)cc1. The van der Waals surface area contributed by atoms with Gasteiger partial charge < -0.3 is 37.6 Å². The molecule has 0 saturated carbocycles. The molecule has 0 atom stereocenters. The second kappa shape index (κ2) is 11.4. The van der Waals surface area contributed by atoms with Gasteiger partial charge in [-0.2, -0.15) is 0 Å². The van der Waals surface area contributed by atoms with Gasteiger partial charge in [-0.25, -0.2) is 0 Å². The molecule has 4 aromatic carbocycles. The van der Waals surface area contributed by atoms with Crippen LogP contribution < -0.4 is 34.5 Å². The van der Waals surface area contributed by atoms with Gasteiger partial charge in [-0.05, 0) is 42.0 Å². The first kappa shape index (κ1) is 28.2. The first-order valence-electron chi connectivity index (χ1n) is 13.3. The number of rotatable bonds is 8. The first-order chi connectivity index (χ1) is 21.3. The van der Waals surface area contributed by atoms with Gasteiger partial charge in [0.2, 0.25) is 10.9 Å². The Labute approximate surface area is 250 Å². The Morgan fingerprint density at radius 2 is 1.07 bits per heavy atom. The van der Waals surface area contributed by atoms with Crippen LogP contribution in [-0.4, -0.2) is 33.5 Å². The predicted molar refractivity (Wildman–Crippen MR) is 164 cm³/mol. The molecule has 10 nitrogen and oxygen atoms in total. The van der Waals surface area contributed by atoms with E-state index in [1.54, 1.807) is 55.6 Å². The third kappa shape index (κ3) is 4.92. The lowest BCUT2D eigenvalue weighted by molar-refractivity contribution is 0.356. The predicted octanol–water partition coefficient (Wildman–Crippen LogP) is 6.77. The molecule has 0 spiro atoms. The minimum atomic E-state index is -0.380. The zero-order chi connectivity index (χ0) is 31.0. The zero-order valence-corrected chi connectivity index (χ0v) is 24.1.